The SMILES string of the molecule is CCOC(=O)Oc1c2c(c(OCC[Si](C)(C)C)c3ccc(Cl)nc13)C(=O)N(Cc1ccc(F)cc1)C2=O.CCOC(=O)Oc1c2c(c(OCC[Si](C)(C)C)c3ccc(N)nc13)C(=O)N(Cc1ccc(F)cc1)C2=O.C[Si](C)(C)CCOc1c2c(c(O)c3nc(N)ccc13)C(=O)N(Cc1ccc(F)cc1)C2=O. The van der Waals surface area contributed by atoms with Crippen molar-refractivity contribution >= 4 is 128 Å². The van der Waals surface area contributed by atoms with Gasteiger partial charge < -0.3 is 49.7 Å². The highest BCUT2D eigenvalue weighted by molar-refractivity contribution is 6.76. The maximum Gasteiger partial charge on any atom is 0.513 e. The van der Waals surface area contributed by atoms with Crippen molar-refractivity contribution in [2.45, 2.75) is 111 Å². The van der Waals surface area contributed by atoms with Crippen LogP contribution in [-0.2, 0) is 29.1 Å². The van der Waals surface area contributed by atoms with Gasteiger partial charge in [-0.1, -0.05) is 107 Å². The van der Waals surface area contributed by atoms with E-state index in [4.69, 9.17) is 56.2 Å². The van der Waals surface area contributed by atoms with Gasteiger partial charge in [0.1, 0.15) is 84.7 Å². The molecule has 24 nitrogen and oxygen atoms in total. The lowest BCUT2D eigenvalue weighted by molar-refractivity contribution is 0.0623. The molecule has 12 rings (SSSR count). The van der Waals surface area contributed by atoms with Gasteiger partial charge in [0.25, 0.3) is 35.4 Å². The molecule has 0 atom stereocenters. The van der Waals surface area contributed by atoms with Crippen LogP contribution in [0.2, 0.25) is 82.2 Å². The molecule has 0 spiro atoms. The van der Waals surface area contributed by atoms with E-state index in [-0.39, 0.29) is 128 Å². The summed E-state index contributed by atoms with van der Waals surface area (Å²) in [6.07, 6.45) is -2.11. The predicted molar refractivity (Wildman–Crippen MR) is 399 cm³/mol. The number of fused-ring (bicyclic) bond motifs is 6. The molecule has 0 fully saturated rings. The van der Waals surface area contributed by atoms with Crippen molar-refractivity contribution in [3.05, 3.63) is 182 Å². The number of nitrogens with zero attached hydrogens (tertiary/aromatic N) is 6. The average molecular weight is 1520 g/mol. The summed E-state index contributed by atoms with van der Waals surface area (Å²) in [7, 11) is -4.42. The number of pyridine rings is 3. The van der Waals surface area contributed by atoms with Crippen LogP contribution < -0.4 is 35.2 Å². The van der Waals surface area contributed by atoms with E-state index in [1.807, 2.05) is 0 Å². The number of phenolic OH excluding ortho intramolecular Hbond substituents is 1. The van der Waals surface area contributed by atoms with E-state index in [0.29, 0.717) is 52.7 Å². The van der Waals surface area contributed by atoms with Gasteiger partial charge in [0.2, 0.25) is 0 Å². The molecule has 6 aromatic carbocycles. The summed E-state index contributed by atoms with van der Waals surface area (Å²) >= 11 is 6.16. The van der Waals surface area contributed by atoms with Gasteiger partial charge in [-0.05, 0) is 121 Å². The molecule has 6 heterocycles. The maximum atomic E-state index is 13.7. The van der Waals surface area contributed by atoms with Crippen LogP contribution in [0.25, 0.3) is 32.7 Å². The number of carbonyl (C=O) groups excluding carboxylic acids is 8. The first-order valence-electron chi connectivity index (χ1n) is 33.8. The lowest BCUT2D eigenvalue weighted by Crippen LogP contribution is -2.29. The molecule has 106 heavy (non-hydrogen) atoms. The molecule has 0 aliphatic carbocycles. The monoisotopic (exact) mass is 1520 g/mol. The Bertz CT molecular complexity index is 4790. The number of nitrogen functional groups attached to an aromatic ring is 2. The number of hydrogen-bond donors (Lipinski definition) is 3. The lowest BCUT2D eigenvalue weighted by atomic mass is 10.0. The second kappa shape index (κ2) is 31.8. The van der Waals surface area contributed by atoms with Gasteiger partial charge >= 0.3 is 12.3 Å². The minimum absolute atomic E-state index is 0.0178. The van der Waals surface area contributed by atoms with Crippen LogP contribution in [0, 0.1) is 17.5 Å². The number of benzene rings is 6. The number of nitrogens with two attached hydrogens (primary N) is 2. The summed E-state index contributed by atoms with van der Waals surface area (Å²) in [6, 6.07) is 28.3. The Morgan fingerprint density at radius 2 is 0.698 bits per heavy atom. The molecule has 0 saturated heterocycles. The molecule has 554 valence electrons. The summed E-state index contributed by atoms with van der Waals surface area (Å²) < 4.78 is 79.2. The molecule has 0 saturated carbocycles. The van der Waals surface area contributed by atoms with Gasteiger partial charge in [-0.25, -0.2) is 37.7 Å². The highest BCUT2D eigenvalue weighted by atomic mass is 35.5. The number of aromatic hydroxyl groups is 1. The number of ether oxygens (including phenoxy) is 7. The van der Waals surface area contributed by atoms with Crippen molar-refractivity contribution in [1.82, 2.24) is 29.7 Å². The number of phenols is 1. The van der Waals surface area contributed by atoms with Crippen molar-refractivity contribution in [2.24, 2.45) is 0 Å². The Kier molecular flexibility index (Phi) is 23.3. The topological polar surface area (TPSA) is 322 Å². The number of halogens is 4. The number of carbonyl (C=O) groups is 8. The number of rotatable bonds is 22. The molecular formula is C75H78ClF3N8O16Si3. The van der Waals surface area contributed by atoms with E-state index < -0.39 is 95.2 Å². The molecule has 3 aliphatic heterocycles. The van der Waals surface area contributed by atoms with Gasteiger partial charge in [-0.15, -0.1) is 0 Å². The summed E-state index contributed by atoms with van der Waals surface area (Å²) in [6.45, 7) is 23.7. The Balaban J connectivity index is 0.000000171. The van der Waals surface area contributed by atoms with E-state index in [1.165, 1.54) is 84.9 Å². The molecule has 0 radical (unpaired) electrons. The average Bonchev–Trinajstić information content (AvgIpc) is 1.56. The van der Waals surface area contributed by atoms with Crippen molar-refractivity contribution in [1.29, 1.82) is 0 Å². The quantitative estimate of drug-likeness (QED) is 0.0187. The molecular weight excluding hydrogens is 1450 g/mol. The van der Waals surface area contributed by atoms with Crippen LogP contribution >= 0.6 is 11.6 Å². The fourth-order valence-electron chi connectivity index (χ4n) is 11.5. The minimum Gasteiger partial charge on any atom is -0.505 e. The van der Waals surface area contributed by atoms with Crippen LogP contribution in [0.15, 0.2) is 109 Å². The Labute approximate surface area is 615 Å². The Morgan fingerprint density at radius 3 is 1.03 bits per heavy atom. The van der Waals surface area contributed by atoms with Crippen LogP contribution in [0.5, 0.6) is 34.5 Å². The third kappa shape index (κ3) is 17.4. The van der Waals surface area contributed by atoms with Crippen LogP contribution in [0.1, 0.15) is 92.7 Å². The molecule has 9 aromatic rings. The summed E-state index contributed by atoms with van der Waals surface area (Å²) in [5.41, 5.74) is 13.2. The first-order valence-corrected chi connectivity index (χ1v) is 45.3. The first kappa shape index (κ1) is 77.6. The summed E-state index contributed by atoms with van der Waals surface area (Å²) in [5, 5.41) is 12.1. The maximum absolute atomic E-state index is 13.7. The zero-order chi connectivity index (χ0) is 77.0. The smallest absolute Gasteiger partial charge is 0.505 e. The fourth-order valence-corrected chi connectivity index (χ4v) is 13.7. The normalized spacial score (nSPS) is 13.3. The third-order valence-corrected chi connectivity index (χ3v) is 22.2. The highest BCUT2D eigenvalue weighted by Gasteiger charge is 2.47. The molecule has 5 N–H and O–H groups in total. The van der Waals surface area contributed by atoms with E-state index in [0.717, 1.165) is 32.8 Å². The largest absolute Gasteiger partial charge is 0.513 e. The zero-order valence-corrected chi connectivity index (χ0v) is 63.8. The number of hydrogen-bond acceptors (Lipinski definition) is 21. The van der Waals surface area contributed by atoms with Crippen molar-refractivity contribution in [2.75, 3.05) is 44.5 Å². The summed E-state index contributed by atoms with van der Waals surface area (Å²) in [5.74, 6) is -5.21. The number of amides is 6. The fraction of sp³-hybridized carbons (Fsp3) is 0.293. The van der Waals surface area contributed by atoms with Crippen LogP contribution in [-0.4, -0.2) is 140 Å². The van der Waals surface area contributed by atoms with E-state index >= 15 is 0 Å². The standard InChI is InChI=1S/C26H26ClFN2O6Si.C26H28FN3O6Si.C23H24FN3O4Si/c1-5-34-26(33)36-23-20-19(24(31)30(25(20)32)14-15-6-8-16(28)9-7-15)22(35-12-13-37(2,3)4)17-10-11-18(27)29-21(17)23;1-5-34-26(33)36-23-20-19(24(31)30(25(20)32)14-15-6-8-16(27)9-7-15)22(35-12-13-37(2,3)4)17-10-11-18(28)29-21(17)23;1-32(2,3)11-10-31-21-15-8-9-16(25)26-19(15)20(28)17-18(21)23(30)27(22(17)29)12-13-4-6-14(24)7-5-13/h6-11H,5,12-14H2,1-4H3;6-11H,5,12-14H2,1-4H3,(H2,28,29);4-9,28H,10-12H2,1-3H3,(H2,25,26). The number of anilines is 2. The molecule has 0 unspecified atom stereocenters. The van der Waals surface area contributed by atoms with Gasteiger partial charge in [-0.3, -0.25) is 43.5 Å². The van der Waals surface area contributed by atoms with Gasteiger partial charge in [0.15, 0.2) is 17.2 Å². The zero-order valence-electron chi connectivity index (χ0n) is 60.1. The van der Waals surface area contributed by atoms with Crippen molar-refractivity contribution in [3.63, 3.8) is 0 Å². The van der Waals surface area contributed by atoms with Crippen molar-refractivity contribution < 1.29 is 89.8 Å². The van der Waals surface area contributed by atoms with Gasteiger partial charge in [0.05, 0.1) is 69.4 Å². The van der Waals surface area contributed by atoms with E-state index in [9.17, 15) is 56.6 Å². The molecule has 3 aliphatic rings. The number of imide groups is 3. The van der Waals surface area contributed by atoms with E-state index in [2.05, 4.69) is 73.9 Å². The first-order chi connectivity index (χ1) is 50.1. The summed E-state index contributed by atoms with van der Waals surface area (Å²) in [4.78, 5) is 122. The predicted octanol–water partition coefficient (Wildman–Crippen LogP) is 15.3. The Morgan fingerprint density at radius 1 is 0.415 bits per heavy atom. The number of aromatic nitrogens is 3. The second-order valence-corrected chi connectivity index (χ2v) is 45.8. The third-order valence-electron chi connectivity index (χ3n) is 16.9. The highest BCUT2D eigenvalue weighted by Crippen LogP contribution is 2.49. The molecule has 3 aromatic heterocycles. The van der Waals surface area contributed by atoms with Gasteiger partial charge in [0, 0.05) is 40.4 Å². The van der Waals surface area contributed by atoms with Crippen molar-refractivity contribution in [3.8, 4) is 34.5 Å². The lowest BCUT2D eigenvalue weighted by Gasteiger charge is -2.19. The van der Waals surface area contributed by atoms with E-state index in [1.54, 1.807) is 38.1 Å². The van der Waals surface area contributed by atoms with Gasteiger partial charge in [-0.2, -0.15) is 0 Å². The molecule has 31 heteroatoms. The van der Waals surface area contributed by atoms with Crippen LogP contribution in [0.3, 0.4) is 0 Å². The molecule has 0 bridgehead atoms. The second-order valence-electron chi connectivity index (χ2n) is 28.6. The minimum atomic E-state index is -1.50. The molecule has 6 amide bonds. The van der Waals surface area contributed by atoms with Crippen LogP contribution in [0.4, 0.5) is 34.4 Å². The Hall–Kier alpha value is -11.0.